The molecule has 0 unspecified atom stereocenters. The van der Waals surface area contributed by atoms with Gasteiger partial charge in [0.05, 0.1) is 11.5 Å². The molecule has 3 aromatic rings. The van der Waals surface area contributed by atoms with Gasteiger partial charge >= 0.3 is 0 Å². The van der Waals surface area contributed by atoms with E-state index >= 15 is 0 Å². The average Bonchev–Trinajstić information content (AvgIpc) is 2.50. The fourth-order valence-corrected chi connectivity index (χ4v) is 4.45. The fourth-order valence-electron chi connectivity index (χ4n) is 2.58. The first-order valence-electron chi connectivity index (χ1n) is 7.06. The molecule has 2 nitrogen and oxygen atoms in total. The van der Waals surface area contributed by atoms with Crippen molar-refractivity contribution in [3.8, 4) is 0 Å². The van der Waals surface area contributed by atoms with Gasteiger partial charge in [-0.25, -0.2) is 12.8 Å². The molecule has 0 saturated carbocycles. The third kappa shape index (κ3) is 3.71. The monoisotopic (exact) mass is 348 g/mol. The molecule has 5 heteroatoms. The highest BCUT2D eigenvalue weighted by Crippen LogP contribution is 2.24. The van der Waals surface area contributed by atoms with Crippen LogP contribution in [-0.2, 0) is 21.3 Å². The van der Waals surface area contributed by atoms with E-state index in [4.69, 9.17) is 11.6 Å². The van der Waals surface area contributed by atoms with Gasteiger partial charge in [-0.1, -0.05) is 60.1 Å². The first kappa shape index (κ1) is 16.0. The van der Waals surface area contributed by atoms with E-state index in [2.05, 4.69) is 0 Å². The Morgan fingerprint density at radius 2 is 1.57 bits per heavy atom. The van der Waals surface area contributed by atoms with E-state index in [9.17, 15) is 12.8 Å². The highest BCUT2D eigenvalue weighted by Gasteiger charge is 2.17. The molecule has 0 amide bonds. The van der Waals surface area contributed by atoms with Crippen LogP contribution in [0, 0.1) is 5.82 Å². The number of hydrogen-bond acceptors (Lipinski definition) is 2. The van der Waals surface area contributed by atoms with Crippen LogP contribution in [0.2, 0.25) is 5.02 Å². The summed E-state index contributed by atoms with van der Waals surface area (Å²) in [5.74, 6) is -0.776. The summed E-state index contributed by atoms with van der Waals surface area (Å²) in [6, 6.07) is 17.0. The van der Waals surface area contributed by atoms with Crippen molar-refractivity contribution in [2.24, 2.45) is 0 Å². The van der Waals surface area contributed by atoms with Crippen molar-refractivity contribution in [1.29, 1.82) is 0 Å². The fraction of sp³-hybridized carbons (Fsp3) is 0.111. The molecule has 0 aliphatic carbocycles. The van der Waals surface area contributed by atoms with Crippen molar-refractivity contribution in [1.82, 2.24) is 0 Å². The lowest BCUT2D eigenvalue weighted by atomic mass is 10.1. The summed E-state index contributed by atoms with van der Waals surface area (Å²) in [7, 11) is -3.42. The summed E-state index contributed by atoms with van der Waals surface area (Å²) in [6.45, 7) is 0. The first-order valence-corrected chi connectivity index (χ1v) is 9.25. The standard InChI is InChI=1S/C18H14ClFO2S/c19-18-10-16(20)9-8-15(18)12-23(21,22)11-14-6-3-5-13-4-1-2-7-17(13)14/h1-10H,11-12H2. The lowest BCUT2D eigenvalue weighted by molar-refractivity contribution is 0.594. The van der Waals surface area contributed by atoms with Crippen molar-refractivity contribution in [2.75, 3.05) is 0 Å². The van der Waals surface area contributed by atoms with E-state index in [1.165, 1.54) is 12.1 Å². The number of fused-ring (bicyclic) bond motifs is 1. The molecule has 0 aliphatic rings. The number of halogens is 2. The molecule has 0 atom stereocenters. The molecule has 3 aromatic carbocycles. The highest BCUT2D eigenvalue weighted by atomic mass is 35.5. The van der Waals surface area contributed by atoms with Crippen molar-refractivity contribution in [3.05, 3.63) is 82.6 Å². The normalized spacial score (nSPS) is 11.7. The predicted molar refractivity (Wildman–Crippen MR) is 91.7 cm³/mol. The van der Waals surface area contributed by atoms with Gasteiger partial charge in [-0.15, -0.1) is 0 Å². The van der Waals surface area contributed by atoms with Crippen molar-refractivity contribution in [3.63, 3.8) is 0 Å². The maximum atomic E-state index is 13.1. The molecule has 0 spiro atoms. The smallest absolute Gasteiger partial charge is 0.158 e. The third-order valence-electron chi connectivity index (χ3n) is 3.65. The van der Waals surface area contributed by atoms with E-state index < -0.39 is 15.7 Å². The van der Waals surface area contributed by atoms with Crippen LogP contribution >= 0.6 is 11.6 Å². The Morgan fingerprint density at radius 3 is 2.35 bits per heavy atom. The highest BCUT2D eigenvalue weighted by molar-refractivity contribution is 7.89. The van der Waals surface area contributed by atoms with Gasteiger partial charge in [-0.3, -0.25) is 0 Å². The van der Waals surface area contributed by atoms with Gasteiger partial charge in [0.1, 0.15) is 5.82 Å². The Balaban J connectivity index is 1.91. The van der Waals surface area contributed by atoms with Gasteiger partial charge in [0.15, 0.2) is 9.84 Å². The Kier molecular flexibility index (Phi) is 4.37. The van der Waals surface area contributed by atoms with E-state index in [1.807, 2.05) is 42.5 Å². The number of rotatable bonds is 4. The minimum atomic E-state index is -3.42. The Morgan fingerprint density at radius 1 is 0.870 bits per heavy atom. The van der Waals surface area contributed by atoms with Crippen LogP contribution < -0.4 is 0 Å². The second-order valence-corrected chi connectivity index (χ2v) is 7.88. The first-order chi connectivity index (χ1) is 10.9. The molecule has 0 saturated heterocycles. The molecule has 23 heavy (non-hydrogen) atoms. The summed E-state index contributed by atoms with van der Waals surface area (Å²) in [4.78, 5) is 0. The zero-order chi connectivity index (χ0) is 16.4. The van der Waals surface area contributed by atoms with Crippen LogP contribution in [0.15, 0.2) is 60.7 Å². The zero-order valence-electron chi connectivity index (χ0n) is 12.2. The molecule has 3 rings (SSSR count). The molecule has 0 aliphatic heterocycles. The molecule has 0 aromatic heterocycles. The second kappa shape index (κ2) is 6.30. The predicted octanol–water partition coefficient (Wildman–Crippen LogP) is 4.75. The number of hydrogen-bond donors (Lipinski definition) is 0. The van der Waals surface area contributed by atoms with E-state index in [-0.39, 0.29) is 16.5 Å². The van der Waals surface area contributed by atoms with Gasteiger partial charge < -0.3 is 0 Å². The maximum absolute atomic E-state index is 13.1. The molecule has 0 heterocycles. The largest absolute Gasteiger partial charge is 0.228 e. The molecular weight excluding hydrogens is 335 g/mol. The van der Waals surface area contributed by atoms with Crippen LogP contribution in [0.3, 0.4) is 0 Å². The van der Waals surface area contributed by atoms with Gasteiger partial charge in [-0.2, -0.15) is 0 Å². The second-order valence-electron chi connectivity index (χ2n) is 5.41. The Labute approximate surface area is 139 Å². The molecule has 0 fully saturated rings. The maximum Gasteiger partial charge on any atom is 0.158 e. The Hall–Kier alpha value is -1.91. The SMILES string of the molecule is O=S(=O)(Cc1ccc(F)cc1Cl)Cc1cccc2ccccc12. The average molecular weight is 349 g/mol. The zero-order valence-corrected chi connectivity index (χ0v) is 13.7. The molecule has 0 radical (unpaired) electrons. The molecular formula is C18H14ClFO2S. The van der Waals surface area contributed by atoms with Crippen LogP contribution in [0.25, 0.3) is 10.8 Å². The minimum absolute atomic E-state index is 0.0813. The van der Waals surface area contributed by atoms with Gasteiger partial charge in [0.25, 0.3) is 0 Å². The summed E-state index contributed by atoms with van der Waals surface area (Å²) < 4.78 is 38.1. The molecule has 0 N–H and O–H groups in total. The van der Waals surface area contributed by atoms with Crippen molar-refractivity contribution < 1.29 is 12.8 Å². The summed E-state index contributed by atoms with van der Waals surface area (Å²) in [5, 5.41) is 2.05. The number of benzene rings is 3. The van der Waals surface area contributed by atoms with E-state index in [1.54, 1.807) is 0 Å². The summed E-state index contributed by atoms with van der Waals surface area (Å²) in [6.07, 6.45) is 0. The van der Waals surface area contributed by atoms with Crippen LogP contribution in [0.5, 0.6) is 0 Å². The quantitative estimate of drug-likeness (QED) is 0.682. The summed E-state index contributed by atoms with van der Waals surface area (Å²) >= 11 is 5.93. The van der Waals surface area contributed by atoms with E-state index in [0.29, 0.717) is 5.56 Å². The van der Waals surface area contributed by atoms with Gasteiger partial charge in [0, 0.05) is 5.02 Å². The van der Waals surface area contributed by atoms with Crippen molar-refractivity contribution >= 4 is 32.2 Å². The minimum Gasteiger partial charge on any atom is -0.228 e. The van der Waals surface area contributed by atoms with E-state index in [0.717, 1.165) is 22.4 Å². The van der Waals surface area contributed by atoms with Gasteiger partial charge in [0.2, 0.25) is 0 Å². The lowest BCUT2D eigenvalue weighted by Crippen LogP contribution is -2.08. The van der Waals surface area contributed by atoms with Crippen LogP contribution in [0.1, 0.15) is 11.1 Å². The third-order valence-corrected chi connectivity index (χ3v) is 5.50. The van der Waals surface area contributed by atoms with Gasteiger partial charge in [-0.05, 0) is 34.0 Å². The number of sulfone groups is 1. The van der Waals surface area contributed by atoms with Crippen LogP contribution in [-0.4, -0.2) is 8.42 Å². The molecule has 0 bridgehead atoms. The lowest BCUT2D eigenvalue weighted by Gasteiger charge is -2.09. The summed E-state index contributed by atoms with van der Waals surface area (Å²) in [5.41, 5.74) is 1.16. The van der Waals surface area contributed by atoms with Crippen LogP contribution in [0.4, 0.5) is 4.39 Å². The topological polar surface area (TPSA) is 34.1 Å². The van der Waals surface area contributed by atoms with Crippen molar-refractivity contribution in [2.45, 2.75) is 11.5 Å². The Bertz CT molecular complexity index is 962. The molecule has 118 valence electrons.